The lowest BCUT2D eigenvalue weighted by atomic mass is 9.77. The Kier molecular flexibility index (Phi) is 5.48. The van der Waals surface area contributed by atoms with Crippen molar-refractivity contribution in [3.63, 3.8) is 0 Å². The Morgan fingerprint density at radius 1 is 1.23 bits per heavy atom. The topological polar surface area (TPSA) is 61.8 Å². The third-order valence-electron chi connectivity index (χ3n) is 4.53. The quantitative estimate of drug-likeness (QED) is 0.423. The molecule has 0 bridgehead atoms. The number of methoxy groups -OCH3 is 1. The van der Waals surface area contributed by atoms with Gasteiger partial charge in [0.25, 0.3) is 0 Å². The molecule has 0 amide bonds. The Bertz CT molecular complexity index is 712. The summed E-state index contributed by atoms with van der Waals surface area (Å²) < 4.78 is 63.0. The fourth-order valence-electron chi connectivity index (χ4n) is 3.31. The van der Waals surface area contributed by atoms with Gasteiger partial charge in [-0.2, -0.15) is 0 Å². The molecule has 5 nitrogen and oxygen atoms in total. The van der Waals surface area contributed by atoms with Gasteiger partial charge in [0.15, 0.2) is 0 Å². The SMILES string of the molecule is COC(=O)c1cc(C2CCCC2(C)C)c(OC(=O)OC(F)(F)F)cc1F. The van der Waals surface area contributed by atoms with Gasteiger partial charge >= 0.3 is 18.5 Å². The molecule has 144 valence electrons. The summed E-state index contributed by atoms with van der Waals surface area (Å²) in [4.78, 5) is 23.1. The summed E-state index contributed by atoms with van der Waals surface area (Å²) in [6.45, 7) is 3.87. The van der Waals surface area contributed by atoms with E-state index in [2.05, 4.69) is 14.2 Å². The van der Waals surface area contributed by atoms with E-state index in [1.54, 1.807) is 0 Å². The smallest absolute Gasteiger partial charge is 0.465 e. The second kappa shape index (κ2) is 7.13. The highest BCUT2D eigenvalue weighted by molar-refractivity contribution is 5.90. The molecule has 1 atom stereocenters. The van der Waals surface area contributed by atoms with Crippen LogP contribution in [0.2, 0.25) is 0 Å². The van der Waals surface area contributed by atoms with Gasteiger partial charge in [-0.15, -0.1) is 13.2 Å². The lowest BCUT2D eigenvalue weighted by Gasteiger charge is -2.29. The van der Waals surface area contributed by atoms with Crippen molar-refractivity contribution in [2.24, 2.45) is 5.41 Å². The maximum absolute atomic E-state index is 14.2. The minimum atomic E-state index is -5.23. The van der Waals surface area contributed by atoms with E-state index in [0.29, 0.717) is 12.5 Å². The zero-order valence-corrected chi connectivity index (χ0v) is 14.4. The van der Waals surface area contributed by atoms with Crippen LogP contribution in [0.5, 0.6) is 5.75 Å². The molecule has 0 N–H and O–H groups in total. The van der Waals surface area contributed by atoms with Gasteiger partial charge in [-0.25, -0.2) is 14.0 Å². The molecule has 0 heterocycles. The van der Waals surface area contributed by atoms with E-state index in [-0.39, 0.29) is 22.5 Å². The van der Waals surface area contributed by atoms with Gasteiger partial charge in [-0.1, -0.05) is 20.3 Å². The number of carbonyl (C=O) groups is 2. The number of rotatable bonds is 3. The van der Waals surface area contributed by atoms with E-state index < -0.39 is 30.1 Å². The Morgan fingerprint density at radius 2 is 1.88 bits per heavy atom. The van der Waals surface area contributed by atoms with Gasteiger partial charge in [-0.3, -0.25) is 0 Å². The number of alkyl halides is 3. The molecule has 1 aromatic carbocycles. The average molecular weight is 378 g/mol. The Morgan fingerprint density at radius 3 is 2.38 bits per heavy atom. The molecule has 0 aromatic heterocycles. The Labute approximate surface area is 147 Å². The molecule has 1 unspecified atom stereocenters. The highest BCUT2D eigenvalue weighted by atomic mass is 19.4. The second-order valence-corrected chi connectivity index (χ2v) is 6.69. The molecule has 0 aliphatic heterocycles. The van der Waals surface area contributed by atoms with E-state index >= 15 is 0 Å². The molecule has 1 saturated carbocycles. The zero-order valence-electron chi connectivity index (χ0n) is 14.4. The molecule has 26 heavy (non-hydrogen) atoms. The third kappa shape index (κ3) is 4.44. The van der Waals surface area contributed by atoms with Crippen LogP contribution in [0.4, 0.5) is 22.4 Å². The van der Waals surface area contributed by atoms with Gasteiger partial charge in [0.05, 0.1) is 12.7 Å². The van der Waals surface area contributed by atoms with Gasteiger partial charge in [0.1, 0.15) is 11.6 Å². The zero-order chi connectivity index (χ0) is 19.7. The van der Waals surface area contributed by atoms with Gasteiger partial charge in [0.2, 0.25) is 0 Å². The van der Waals surface area contributed by atoms with Gasteiger partial charge < -0.3 is 14.2 Å². The van der Waals surface area contributed by atoms with Crippen LogP contribution in [-0.4, -0.2) is 25.6 Å². The summed E-state index contributed by atoms with van der Waals surface area (Å²) in [5.74, 6) is -2.68. The fourth-order valence-corrected chi connectivity index (χ4v) is 3.31. The summed E-state index contributed by atoms with van der Waals surface area (Å²) >= 11 is 0. The van der Waals surface area contributed by atoms with Crippen molar-refractivity contribution in [1.29, 1.82) is 0 Å². The molecular weight excluding hydrogens is 360 g/mol. The molecule has 0 radical (unpaired) electrons. The standard InChI is InChI=1S/C17H18F4O5/c1-16(2)6-4-5-11(16)9-7-10(14(22)24-3)12(18)8-13(9)25-15(23)26-17(19,20)21/h7-8,11H,4-6H2,1-3H3. The number of esters is 1. The van der Waals surface area contributed by atoms with Crippen LogP contribution < -0.4 is 4.74 Å². The summed E-state index contributed by atoms with van der Waals surface area (Å²) in [6, 6.07) is 1.86. The van der Waals surface area contributed by atoms with Crippen molar-refractivity contribution >= 4 is 12.1 Å². The van der Waals surface area contributed by atoms with Gasteiger partial charge in [-0.05, 0) is 35.8 Å². The van der Waals surface area contributed by atoms with E-state index in [0.717, 1.165) is 26.0 Å². The minimum Gasteiger partial charge on any atom is -0.465 e. The second-order valence-electron chi connectivity index (χ2n) is 6.69. The Balaban J connectivity index is 2.47. The maximum atomic E-state index is 14.2. The lowest BCUT2D eigenvalue weighted by molar-refractivity contribution is -0.296. The van der Waals surface area contributed by atoms with Crippen LogP contribution in [0, 0.1) is 11.2 Å². The summed E-state index contributed by atoms with van der Waals surface area (Å²) in [6.07, 6.45) is -4.97. The van der Waals surface area contributed by atoms with Crippen molar-refractivity contribution in [2.75, 3.05) is 7.11 Å². The van der Waals surface area contributed by atoms with E-state index in [1.165, 1.54) is 0 Å². The van der Waals surface area contributed by atoms with Crippen LogP contribution in [0.1, 0.15) is 54.9 Å². The summed E-state index contributed by atoms with van der Waals surface area (Å²) in [7, 11) is 1.08. The highest BCUT2D eigenvalue weighted by Crippen LogP contribution is 2.51. The number of carbonyl (C=O) groups excluding carboxylic acids is 2. The van der Waals surface area contributed by atoms with Crippen molar-refractivity contribution < 1.29 is 41.4 Å². The van der Waals surface area contributed by atoms with Crippen molar-refractivity contribution in [1.82, 2.24) is 0 Å². The van der Waals surface area contributed by atoms with E-state index in [1.807, 2.05) is 13.8 Å². The molecule has 1 aliphatic carbocycles. The largest absolute Gasteiger partial charge is 0.577 e. The van der Waals surface area contributed by atoms with Crippen molar-refractivity contribution in [3.05, 3.63) is 29.1 Å². The Hall–Kier alpha value is -2.32. The first-order chi connectivity index (χ1) is 11.9. The predicted octanol–water partition coefficient (Wildman–Crippen LogP) is 4.94. The van der Waals surface area contributed by atoms with Crippen LogP contribution >= 0.6 is 0 Å². The maximum Gasteiger partial charge on any atom is 0.577 e. The highest BCUT2D eigenvalue weighted by Gasteiger charge is 2.39. The first-order valence-electron chi connectivity index (χ1n) is 7.84. The monoisotopic (exact) mass is 378 g/mol. The van der Waals surface area contributed by atoms with Crippen LogP contribution in [0.15, 0.2) is 12.1 Å². The molecule has 2 rings (SSSR count). The number of ether oxygens (including phenoxy) is 3. The molecule has 0 saturated heterocycles. The van der Waals surface area contributed by atoms with Crippen molar-refractivity contribution in [3.8, 4) is 5.75 Å². The van der Waals surface area contributed by atoms with Gasteiger partial charge in [0, 0.05) is 6.07 Å². The minimum absolute atomic E-state index is 0.250. The first-order valence-corrected chi connectivity index (χ1v) is 7.84. The number of benzene rings is 1. The number of hydrogen-bond donors (Lipinski definition) is 0. The van der Waals surface area contributed by atoms with E-state index in [9.17, 15) is 27.2 Å². The molecule has 9 heteroatoms. The summed E-state index contributed by atoms with van der Waals surface area (Å²) in [5.41, 5.74) is -0.410. The van der Waals surface area contributed by atoms with Crippen molar-refractivity contribution in [2.45, 2.75) is 45.4 Å². The average Bonchev–Trinajstić information content (AvgIpc) is 2.84. The first kappa shape index (κ1) is 20.0. The summed E-state index contributed by atoms with van der Waals surface area (Å²) in [5, 5.41) is 0. The van der Waals surface area contributed by atoms with Crippen LogP contribution in [0.25, 0.3) is 0 Å². The lowest BCUT2D eigenvalue weighted by Crippen LogP contribution is -2.24. The molecule has 1 fully saturated rings. The van der Waals surface area contributed by atoms with Crippen LogP contribution in [-0.2, 0) is 9.47 Å². The molecule has 1 aliphatic rings. The molecule has 0 spiro atoms. The normalized spacial score (nSPS) is 19.1. The molecular formula is C17H18F4O5. The van der Waals surface area contributed by atoms with E-state index in [4.69, 9.17) is 0 Å². The van der Waals surface area contributed by atoms with Crippen LogP contribution in [0.3, 0.4) is 0 Å². The molecule has 1 aromatic rings. The predicted molar refractivity (Wildman–Crippen MR) is 81.3 cm³/mol. The third-order valence-corrected chi connectivity index (χ3v) is 4.53. The number of halogens is 4. The number of hydrogen-bond acceptors (Lipinski definition) is 5. The fraction of sp³-hybridized carbons (Fsp3) is 0.529.